The Morgan fingerprint density at radius 2 is 1.96 bits per heavy atom. The van der Waals surface area contributed by atoms with Crippen molar-refractivity contribution in [1.82, 2.24) is 4.98 Å². The molecule has 146 valence electrons. The highest BCUT2D eigenvalue weighted by Gasteiger charge is 2.27. The minimum Gasteiger partial charge on any atom is -0.488 e. The Morgan fingerprint density at radius 1 is 1.21 bits per heavy atom. The Balaban J connectivity index is 1.80. The lowest BCUT2D eigenvalue weighted by Gasteiger charge is -2.28. The topological polar surface area (TPSA) is 97.8 Å². The number of nitrogens with zero attached hydrogens (tertiary/aromatic N) is 2. The number of amides is 2. The minimum atomic E-state index is -0.580. The second-order valence-electron chi connectivity index (χ2n) is 6.37. The number of fused-ring (bicyclic) bond motifs is 1. The molecule has 1 aromatic carbocycles. The Hall–Kier alpha value is -3.42. The second kappa shape index (κ2) is 8.51. The maximum absolute atomic E-state index is 12.7. The molecule has 1 aliphatic heterocycles. The van der Waals surface area contributed by atoms with Gasteiger partial charge >= 0.3 is 12.0 Å². The number of ketones is 1. The van der Waals surface area contributed by atoms with Gasteiger partial charge in [-0.2, -0.15) is 0 Å². The molecule has 2 heterocycles. The number of urea groups is 1. The lowest BCUT2D eigenvalue weighted by Crippen LogP contribution is -2.41. The van der Waals surface area contributed by atoms with Crippen LogP contribution in [-0.4, -0.2) is 43.0 Å². The largest absolute Gasteiger partial charge is 0.488 e. The molecule has 2 aromatic rings. The smallest absolute Gasteiger partial charge is 0.327 e. The fraction of sp³-hybridized carbons (Fsp3) is 0.300. The molecule has 8 nitrogen and oxygen atoms in total. The van der Waals surface area contributed by atoms with Crippen LogP contribution in [0.5, 0.6) is 5.75 Å². The van der Waals surface area contributed by atoms with Crippen molar-refractivity contribution in [2.24, 2.45) is 5.92 Å². The number of Topliss-reactive ketones (excluding diaryl/α,β-unsaturated/α-hetero) is 1. The predicted octanol–water partition coefficient (Wildman–Crippen LogP) is 2.89. The van der Waals surface area contributed by atoms with E-state index in [9.17, 15) is 14.4 Å². The molecule has 3 rings (SSSR count). The number of hydrogen-bond acceptors (Lipinski definition) is 6. The van der Waals surface area contributed by atoms with Gasteiger partial charge in [0.1, 0.15) is 12.3 Å². The number of hydrogen-bond donors (Lipinski definition) is 1. The fourth-order valence-electron chi connectivity index (χ4n) is 2.83. The van der Waals surface area contributed by atoms with Gasteiger partial charge in [-0.3, -0.25) is 14.5 Å². The van der Waals surface area contributed by atoms with Crippen LogP contribution in [0.3, 0.4) is 0 Å². The third-order valence-electron chi connectivity index (χ3n) is 4.32. The van der Waals surface area contributed by atoms with Gasteiger partial charge in [0.2, 0.25) is 0 Å². The van der Waals surface area contributed by atoms with Crippen molar-refractivity contribution in [3.05, 3.63) is 48.2 Å². The quantitative estimate of drug-likeness (QED) is 0.630. The summed E-state index contributed by atoms with van der Waals surface area (Å²) in [6, 6.07) is 11.8. The molecule has 1 aliphatic rings. The number of anilines is 2. The van der Waals surface area contributed by atoms with Crippen molar-refractivity contribution in [1.29, 1.82) is 0 Å². The number of carbonyl (C=O) groups excluding carboxylic acids is 3. The summed E-state index contributed by atoms with van der Waals surface area (Å²) in [5, 5.41) is 2.80. The first kappa shape index (κ1) is 19.3. The number of rotatable bonds is 5. The monoisotopic (exact) mass is 383 g/mol. The average Bonchev–Trinajstić information content (AvgIpc) is 2.72. The van der Waals surface area contributed by atoms with Crippen molar-refractivity contribution < 1.29 is 23.9 Å². The number of pyridine rings is 1. The van der Waals surface area contributed by atoms with Gasteiger partial charge in [-0.15, -0.1) is 0 Å². The molecule has 1 atom stereocenters. The summed E-state index contributed by atoms with van der Waals surface area (Å²) >= 11 is 0. The second-order valence-corrected chi connectivity index (χ2v) is 6.37. The molecular weight excluding hydrogens is 362 g/mol. The first-order valence-corrected chi connectivity index (χ1v) is 8.88. The van der Waals surface area contributed by atoms with Gasteiger partial charge < -0.3 is 14.8 Å². The van der Waals surface area contributed by atoms with E-state index in [2.05, 4.69) is 15.0 Å². The van der Waals surface area contributed by atoms with Crippen LogP contribution in [-0.2, 0) is 9.53 Å². The SMILES string of the molecule is COC(=O)C(C)CC(=O)c1ccc2c(n1)N(C(=O)Nc1ccccc1)CCO2. The summed E-state index contributed by atoms with van der Waals surface area (Å²) in [6.07, 6.45) is -0.0322. The van der Waals surface area contributed by atoms with E-state index in [1.54, 1.807) is 25.1 Å². The van der Waals surface area contributed by atoms with Gasteiger partial charge in [0.15, 0.2) is 17.4 Å². The third kappa shape index (κ3) is 4.28. The first-order chi connectivity index (χ1) is 13.5. The molecule has 1 N–H and O–H groups in total. The highest BCUT2D eigenvalue weighted by atomic mass is 16.5. The minimum absolute atomic E-state index is 0.0322. The standard InChI is InChI=1S/C20H21N3O5/c1-13(19(25)27-2)12-16(24)15-8-9-17-18(22-15)23(10-11-28-17)20(26)21-14-6-4-3-5-7-14/h3-9,13H,10-12H2,1-2H3,(H,21,26). The number of ether oxygens (including phenoxy) is 2. The summed E-state index contributed by atoms with van der Waals surface area (Å²) in [7, 11) is 1.28. The van der Waals surface area contributed by atoms with Gasteiger partial charge in [-0.1, -0.05) is 25.1 Å². The summed E-state index contributed by atoms with van der Waals surface area (Å²) in [5.41, 5.74) is 0.817. The molecule has 0 radical (unpaired) electrons. The molecule has 1 unspecified atom stereocenters. The van der Waals surface area contributed by atoms with Crippen LogP contribution in [0.15, 0.2) is 42.5 Å². The van der Waals surface area contributed by atoms with E-state index in [1.807, 2.05) is 18.2 Å². The number of carbonyl (C=O) groups is 3. The zero-order chi connectivity index (χ0) is 20.1. The maximum atomic E-state index is 12.7. The van der Waals surface area contributed by atoms with Crippen molar-refractivity contribution in [3.63, 3.8) is 0 Å². The molecule has 0 aliphatic carbocycles. The number of para-hydroxylation sites is 1. The Labute approximate surface area is 162 Å². The van der Waals surface area contributed by atoms with Crippen molar-refractivity contribution >= 4 is 29.3 Å². The molecule has 1 aromatic heterocycles. The molecule has 0 bridgehead atoms. The van der Waals surface area contributed by atoms with Crippen LogP contribution in [0.25, 0.3) is 0 Å². The summed E-state index contributed by atoms with van der Waals surface area (Å²) < 4.78 is 10.2. The predicted molar refractivity (Wildman–Crippen MR) is 103 cm³/mol. The van der Waals surface area contributed by atoms with E-state index >= 15 is 0 Å². The lowest BCUT2D eigenvalue weighted by molar-refractivity contribution is -0.144. The third-order valence-corrected chi connectivity index (χ3v) is 4.32. The molecule has 0 saturated heterocycles. The Morgan fingerprint density at radius 3 is 2.68 bits per heavy atom. The van der Waals surface area contributed by atoms with E-state index in [0.717, 1.165) is 0 Å². The van der Waals surface area contributed by atoms with Crippen LogP contribution >= 0.6 is 0 Å². The molecule has 8 heteroatoms. The van der Waals surface area contributed by atoms with Gasteiger partial charge in [0, 0.05) is 12.1 Å². The Bertz CT molecular complexity index is 885. The molecule has 2 amide bonds. The summed E-state index contributed by atoms with van der Waals surface area (Å²) in [6.45, 7) is 2.24. The fourth-order valence-corrected chi connectivity index (χ4v) is 2.83. The molecule has 0 fully saturated rings. The summed E-state index contributed by atoms with van der Waals surface area (Å²) in [4.78, 5) is 42.5. The number of aromatic nitrogens is 1. The maximum Gasteiger partial charge on any atom is 0.327 e. The zero-order valence-electron chi connectivity index (χ0n) is 15.7. The van der Waals surface area contributed by atoms with E-state index in [0.29, 0.717) is 24.6 Å². The van der Waals surface area contributed by atoms with Crippen LogP contribution in [0.4, 0.5) is 16.3 Å². The molecular formula is C20H21N3O5. The normalized spacial score (nSPS) is 13.7. The van der Waals surface area contributed by atoms with E-state index in [-0.39, 0.29) is 29.7 Å². The molecule has 0 saturated carbocycles. The number of methoxy groups -OCH3 is 1. The first-order valence-electron chi connectivity index (χ1n) is 8.88. The van der Waals surface area contributed by atoms with Gasteiger partial charge in [0.05, 0.1) is 19.6 Å². The van der Waals surface area contributed by atoms with E-state index in [1.165, 1.54) is 18.1 Å². The van der Waals surface area contributed by atoms with Crippen LogP contribution in [0.2, 0.25) is 0 Å². The summed E-state index contributed by atoms with van der Waals surface area (Å²) in [5.74, 6) is -0.652. The van der Waals surface area contributed by atoms with Gasteiger partial charge in [0.25, 0.3) is 0 Å². The van der Waals surface area contributed by atoms with Gasteiger partial charge in [-0.25, -0.2) is 9.78 Å². The molecule has 0 spiro atoms. The van der Waals surface area contributed by atoms with Crippen molar-refractivity contribution in [2.75, 3.05) is 30.5 Å². The number of benzene rings is 1. The van der Waals surface area contributed by atoms with Crippen molar-refractivity contribution in [3.8, 4) is 5.75 Å². The average molecular weight is 383 g/mol. The number of nitrogens with one attached hydrogen (secondary N) is 1. The Kier molecular flexibility index (Phi) is 5.88. The highest BCUT2D eigenvalue weighted by molar-refractivity contribution is 6.03. The van der Waals surface area contributed by atoms with Gasteiger partial charge in [-0.05, 0) is 24.3 Å². The number of esters is 1. The molecule has 28 heavy (non-hydrogen) atoms. The van der Waals surface area contributed by atoms with Crippen LogP contribution < -0.4 is 15.0 Å². The van der Waals surface area contributed by atoms with Crippen LogP contribution in [0.1, 0.15) is 23.8 Å². The lowest BCUT2D eigenvalue weighted by atomic mass is 10.0. The zero-order valence-corrected chi connectivity index (χ0v) is 15.7. The van der Waals surface area contributed by atoms with Crippen molar-refractivity contribution in [2.45, 2.75) is 13.3 Å². The van der Waals surface area contributed by atoms with E-state index < -0.39 is 11.9 Å². The van der Waals surface area contributed by atoms with E-state index in [4.69, 9.17) is 4.74 Å². The highest BCUT2D eigenvalue weighted by Crippen LogP contribution is 2.30. The van der Waals surface area contributed by atoms with Crippen LogP contribution in [0, 0.1) is 5.92 Å².